The minimum absolute atomic E-state index is 0.158. The Morgan fingerprint density at radius 3 is 2.06 bits per heavy atom. The number of esters is 2. The summed E-state index contributed by atoms with van der Waals surface area (Å²) in [5.74, 6) is -1.74. The SMILES string of the molecule is COC(=O)C1(C(=O)OC)CC(O)CCC1O. The van der Waals surface area contributed by atoms with E-state index in [4.69, 9.17) is 0 Å². The van der Waals surface area contributed by atoms with Gasteiger partial charge in [-0.1, -0.05) is 0 Å². The molecule has 1 rings (SSSR count). The van der Waals surface area contributed by atoms with E-state index in [-0.39, 0.29) is 12.8 Å². The first-order valence-electron chi connectivity index (χ1n) is 5.02. The van der Waals surface area contributed by atoms with Crippen LogP contribution >= 0.6 is 0 Å². The number of aliphatic hydroxyl groups is 2. The number of hydrogen-bond donors (Lipinski definition) is 2. The first-order chi connectivity index (χ1) is 7.48. The van der Waals surface area contributed by atoms with E-state index in [2.05, 4.69) is 9.47 Å². The summed E-state index contributed by atoms with van der Waals surface area (Å²) in [4.78, 5) is 23.3. The van der Waals surface area contributed by atoms with E-state index in [1.54, 1.807) is 0 Å². The highest BCUT2D eigenvalue weighted by atomic mass is 16.5. The van der Waals surface area contributed by atoms with Crippen LogP contribution in [0.5, 0.6) is 0 Å². The van der Waals surface area contributed by atoms with E-state index in [9.17, 15) is 19.8 Å². The van der Waals surface area contributed by atoms with E-state index < -0.39 is 29.6 Å². The molecule has 1 aliphatic carbocycles. The van der Waals surface area contributed by atoms with Gasteiger partial charge in [-0.3, -0.25) is 9.59 Å². The normalized spacial score (nSPS) is 28.2. The molecule has 0 spiro atoms. The van der Waals surface area contributed by atoms with Crippen molar-refractivity contribution < 1.29 is 29.3 Å². The molecule has 0 bridgehead atoms. The predicted octanol–water partition coefficient (Wildman–Crippen LogP) is -0.776. The van der Waals surface area contributed by atoms with E-state index in [1.165, 1.54) is 0 Å². The van der Waals surface area contributed by atoms with Gasteiger partial charge < -0.3 is 19.7 Å². The van der Waals surface area contributed by atoms with Crippen LogP contribution < -0.4 is 0 Å². The lowest BCUT2D eigenvalue weighted by molar-refractivity contribution is -0.186. The molecule has 0 aromatic rings. The van der Waals surface area contributed by atoms with Crippen molar-refractivity contribution in [2.24, 2.45) is 5.41 Å². The second-order valence-corrected chi connectivity index (χ2v) is 3.91. The molecular weight excluding hydrogens is 216 g/mol. The summed E-state index contributed by atoms with van der Waals surface area (Å²) in [6.45, 7) is 0. The van der Waals surface area contributed by atoms with Gasteiger partial charge in [0.05, 0.1) is 26.4 Å². The third kappa shape index (κ3) is 1.90. The van der Waals surface area contributed by atoms with Gasteiger partial charge >= 0.3 is 11.9 Å². The van der Waals surface area contributed by atoms with Crippen molar-refractivity contribution in [2.45, 2.75) is 31.5 Å². The van der Waals surface area contributed by atoms with Gasteiger partial charge in [0, 0.05) is 6.42 Å². The Hall–Kier alpha value is -1.14. The summed E-state index contributed by atoms with van der Waals surface area (Å²) >= 11 is 0. The van der Waals surface area contributed by atoms with Crippen molar-refractivity contribution >= 4 is 11.9 Å². The Balaban J connectivity index is 3.10. The molecule has 2 unspecified atom stereocenters. The van der Waals surface area contributed by atoms with Gasteiger partial charge in [0.1, 0.15) is 0 Å². The average molecular weight is 232 g/mol. The fourth-order valence-electron chi connectivity index (χ4n) is 2.09. The van der Waals surface area contributed by atoms with E-state index in [0.29, 0.717) is 6.42 Å². The van der Waals surface area contributed by atoms with Crippen molar-refractivity contribution in [1.29, 1.82) is 0 Å². The van der Waals surface area contributed by atoms with Gasteiger partial charge in [-0.05, 0) is 12.8 Å². The third-order valence-electron chi connectivity index (χ3n) is 3.00. The lowest BCUT2D eigenvalue weighted by Gasteiger charge is -2.38. The maximum absolute atomic E-state index is 11.7. The van der Waals surface area contributed by atoms with Crippen LogP contribution in [0.2, 0.25) is 0 Å². The van der Waals surface area contributed by atoms with Crippen LogP contribution in [0.3, 0.4) is 0 Å². The Morgan fingerprint density at radius 2 is 1.62 bits per heavy atom. The fraction of sp³-hybridized carbons (Fsp3) is 0.800. The number of carbonyl (C=O) groups excluding carboxylic acids is 2. The molecule has 0 aromatic carbocycles. The van der Waals surface area contributed by atoms with Crippen LogP contribution in [0.15, 0.2) is 0 Å². The predicted molar refractivity (Wildman–Crippen MR) is 52.3 cm³/mol. The van der Waals surface area contributed by atoms with Crippen LogP contribution in [0.25, 0.3) is 0 Å². The van der Waals surface area contributed by atoms with Gasteiger partial charge in [-0.25, -0.2) is 0 Å². The molecule has 0 radical (unpaired) electrons. The summed E-state index contributed by atoms with van der Waals surface area (Å²) in [6.07, 6.45) is -1.67. The monoisotopic (exact) mass is 232 g/mol. The van der Waals surface area contributed by atoms with Crippen molar-refractivity contribution in [2.75, 3.05) is 14.2 Å². The maximum Gasteiger partial charge on any atom is 0.326 e. The van der Waals surface area contributed by atoms with Crippen molar-refractivity contribution in [3.63, 3.8) is 0 Å². The zero-order valence-electron chi connectivity index (χ0n) is 9.30. The Bertz CT molecular complexity index is 271. The minimum atomic E-state index is -1.79. The van der Waals surface area contributed by atoms with E-state index in [1.807, 2.05) is 0 Å². The maximum atomic E-state index is 11.7. The molecule has 0 amide bonds. The zero-order chi connectivity index (χ0) is 12.3. The van der Waals surface area contributed by atoms with Gasteiger partial charge in [0.2, 0.25) is 0 Å². The largest absolute Gasteiger partial charge is 0.468 e. The fourth-order valence-corrected chi connectivity index (χ4v) is 2.09. The molecule has 6 heteroatoms. The molecule has 0 aliphatic heterocycles. The molecule has 0 heterocycles. The van der Waals surface area contributed by atoms with Gasteiger partial charge in [0.25, 0.3) is 0 Å². The highest BCUT2D eigenvalue weighted by molar-refractivity contribution is 6.01. The lowest BCUT2D eigenvalue weighted by Crippen LogP contribution is -2.54. The minimum Gasteiger partial charge on any atom is -0.468 e. The van der Waals surface area contributed by atoms with Crippen molar-refractivity contribution in [3.05, 3.63) is 0 Å². The topological polar surface area (TPSA) is 93.1 Å². The van der Waals surface area contributed by atoms with Crippen LogP contribution in [0.1, 0.15) is 19.3 Å². The van der Waals surface area contributed by atoms with Gasteiger partial charge in [-0.2, -0.15) is 0 Å². The number of hydrogen-bond acceptors (Lipinski definition) is 6. The van der Waals surface area contributed by atoms with Crippen molar-refractivity contribution in [3.8, 4) is 0 Å². The van der Waals surface area contributed by atoms with Gasteiger partial charge in [0.15, 0.2) is 5.41 Å². The number of aliphatic hydroxyl groups excluding tert-OH is 2. The molecule has 16 heavy (non-hydrogen) atoms. The summed E-state index contributed by atoms with van der Waals surface area (Å²) in [7, 11) is 2.25. The van der Waals surface area contributed by atoms with E-state index in [0.717, 1.165) is 14.2 Å². The smallest absolute Gasteiger partial charge is 0.326 e. The molecule has 2 N–H and O–H groups in total. The number of rotatable bonds is 2. The second kappa shape index (κ2) is 4.80. The molecule has 2 atom stereocenters. The van der Waals surface area contributed by atoms with Crippen LogP contribution in [-0.2, 0) is 19.1 Å². The molecule has 6 nitrogen and oxygen atoms in total. The third-order valence-corrected chi connectivity index (χ3v) is 3.00. The van der Waals surface area contributed by atoms with E-state index >= 15 is 0 Å². The Morgan fingerprint density at radius 1 is 1.12 bits per heavy atom. The van der Waals surface area contributed by atoms with Crippen LogP contribution in [0.4, 0.5) is 0 Å². The molecule has 1 fully saturated rings. The summed E-state index contributed by atoms with van der Waals surface area (Å²) in [5.41, 5.74) is -1.79. The summed E-state index contributed by atoms with van der Waals surface area (Å²) in [5, 5.41) is 19.4. The number of methoxy groups -OCH3 is 2. The Kier molecular flexibility index (Phi) is 3.88. The molecule has 0 saturated heterocycles. The molecule has 1 saturated carbocycles. The highest BCUT2D eigenvalue weighted by Gasteiger charge is 2.57. The molecule has 0 aromatic heterocycles. The lowest BCUT2D eigenvalue weighted by atomic mass is 9.70. The summed E-state index contributed by atoms with van der Waals surface area (Å²) in [6, 6.07) is 0. The average Bonchev–Trinajstić information content (AvgIpc) is 2.30. The van der Waals surface area contributed by atoms with Crippen LogP contribution in [-0.4, -0.2) is 48.6 Å². The van der Waals surface area contributed by atoms with Crippen molar-refractivity contribution in [1.82, 2.24) is 0 Å². The van der Waals surface area contributed by atoms with Crippen LogP contribution in [0, 0.1) is 5.41 Å². The zero-order valence-corrected chi connectivity index (χ0v) is 9.30. The second-order valence-electron chi connectivity index (χ2n) is 3.91. The first kappa shape index (κ1) is 12.9. The number of carbonyl (C=O) groups is 2. The number of ether oxygens (including phenoxy) is 2. The Labute approximate surface area is 93.2 Å². The first-order valence-corrected chi connectivity index (χ1v) is 5.02. The van der Waals surface area contributed by atoms with Gasteiger partial charge in [-0.15, -0.1) is 0 Å². The standard InChI is InChI=1S/C10H16O6/c1-15-8(13)10(9(14)16-2)5-6(11)3-4-7(10)12/h6-7,11-12H,3-5H2,1-2H3. The quantitative estimate of drug-likeness (QED) is 0.479. The molecule has 92 valence electrons. The molecular formula is C10H16O6. The highest BCUT2D eigenvalue weighted by Crippen LogP contribution is 2.39. The molecule has 1 aliphatic rings. The summed E-state index contributed by atoms with van der Waals surface area (Å²) < 4.78 is 9.05.